The summed E-state index contributed by atoms with van der Waals surface area (Å²) in [6, 6.07) is 0. The van der Waals surface area contributed by atoms with E-state index in [1.54, 1.807) is 0 Å². The minimum atomic E-state index is -0.236. The molecular formula is C22H36O2. The fourth-order valence-corrected chi connectivity index (χ4v) is 4.30. The zero-order chi connectivity index (χ0) is 17.5. The second-order valence-electron chi connectivity index (χ2n) is 8.63. The molecule has 3 unspecified atom stereocenters. The molecule has 3 atom stereocenters. The van der Waals surface area contributed by atoms with Gasteiger partial charge in [-0.2, -0.15) is 0 Å². The summed E-state index contributed by atoms with van der Waals surface area (Å²) in [6.45, 7) is 6.75. The van der Waals surface area contributed by atoms with E-state index < -0.39 is 0 Å². The first-order valence-electron chi connectivity index (χ1n) is 9.97. The van der Waals surface area contributed by atoms with Gasteiger partial charge in [0.05, 0.1) is 6.10 Å². The highest BCUT2D eigenvalue weighted by Crippen LogP contribution is 2.34. The Bertz CT molecular complexity index is 472. The fraction of sp³-hybridized carbons (Fsp3) is 0.773. The van der Waals surface area contributed by atoms with E-state index in [1.165, 1.54) is 30.4 Å². The van der Waals surface area contributed by atoms with E-state index in [0.29, 0.717) is 17.6 Å². The Balaban J connectivity index is 1.82. The standard InChI is InChI=1S/C22H36O2/c1-16(2)7-9-19-12-20(15-22(24)14-19)11-17(3)8-10-18-5-4-6-21(23)13-18/h8,13,16,19-21,23H,4-7,9-12,14-15H2,1-3H3/b17-8+. The van der Waals surface area contributed by atoms with Gasteiger partial charge in [0.1, 0.15) is 5.78 Å². The lowest BCUT2D eigenvalue weighted by Gasteiger charge is -2.29. The average molecular weight is 333 g/mol. The van der Waals surface area contributed by atoms with Crippen LogP contribution in [0.25, 0.3) is 0 Å². The van der Waals surface area contributed by atoms with E-state index >= 15 is 0 Å². The predicted molar refractivity (Wildman–Crippen MR) is 101 cm³/mol. The number of carbonyl (C=O) groups is 1. The van der Waals surface area contributed by atoms with Crippen LogP contribution in [0, 0.1) is 17.8 Å². The van der Waals surface area contributed by atoms with Gasteiger partial charge in [0.2, 0.25) is 0 Å². The van der Waals surface area contributed by atoms with Gasteiger partial charge in [0.15, 0.2) is 0 Å². The molecule has 2 nitrogen and oxygen atoms in total. The second kappa shape index (κ2) is 9.56. The largest absolute Gasteiger partial charge is 0.389 e. The predicted octanol–water partition coefficient (Wildman–Crippen LogP) is 5.61. The maximum absolute atomic E-state index is 12.1. The topological polar surface area (TPSA) is 37.3 Å². The van der Waals surface area contributed by atoms with Crippen LogP contribution in [0.4, 0.5) is 0 Å². The molecule has 0 bridgehead atoms. The van der Waals surface area contributed by atoms with E-state index in [0.717, 1.165) is 50.9 Å². The molecular weight excluding hydrogens is 296 g/mol. The van der Waals surface area contributed by atoms with E-state index in [9.17, 15) is 9.90 Å². The van der Waals surface area contributed by atoms with Crippen molar-refractivity contribution in [3.05, 3.63) is 23.3 Å². The van der Waals surface area contributed by atoms with Gasteiger partial charge in [-0.1, -0.05) is 43.6 Å². The number of Topliss-reactive ketones (excluding diaryl/α,β-unsaturated/α-hetero) is 1. The normalized spacial score (nSPS) is 29.0. The second-order valence-corrected chi connectivity index (χ2v) is 8.63. The number of carbonyl (C=O) groups excluding carboxylic acids is 1. The van der Waals surface area contributed by atoms with Crippen molar-refractivity contribution in [1.29, 1.82) is 0 Å². The number of hydrogen-bond acceptors (Lipinski definition) is 2. The van der Waals surface area contributed by atoms with E-state index in [1.807, 2.05) is 6.08 Å². The zero-order valence-corrected chi connectivity index (χ0v) is 15.9. The first kappa shape index (κ1) is 19.4. The number of aliphatic hydroxyl groups is 1. The molecule has 136 valence electrons. The molecule has 0 heterocycles. The Morgan fingerprint density at radius 3 is 2.79 bits per heavy atom. The fourth-order valence-electron chi connectivity index (χ4n) is 4.30. The summed E-state index contributed by atoms with van der Waals surface area (Å²) in [5.41, 5.74) is 2.79. The first-order chi connectivity index (χ1) is 11.4. The molecule has 0 saturated heterocycles. The summed E-state index contributed by atoms with van der Waals surface area (Å²) in [6.07, 6.45) is 14.6. The molecule has 0 aromatic carbocycles. The lowest BCUT2D eigenvalue weighted by molar-refractivity contribution is -0.123. The van der Waals surface area contributed by atoms with Crippen molar-refractivity contribution in [1.82, 2.24) is 0 Å². The average Bonchev–Trinajstić information content (AvgIpc) is 2.50. The van der Waals surface area contributed by atoms with E-state index in [4.69, 9.17) is 0 Å². The molecule has 2 aliphatic carbocycles. The highest BCUT2D eigenvalue weighted by molar-refractivity contribution is 5.79. The lowest BCUT2D eigenvalue weighted by atomic mass is 9.75. The van der Waals surface area contributed by atoms with Crippen LogP contribution in [0.2, 0.25) is 0 Å². The Morgan fingerprint density at radius 1 is 1.33 bits per heavy atom. The van der Waals surface area contributed by atoms with Crippen molar-refractivity contribution in [2.75, 3.05) is 0 Å². The van der Waals surface area contributed by atoms with Gasteiger partial charge in [-0.3, -0.25) is 4.79 Å². The molecule has 2 rings (SSSR count). The zero-order valence-electron chi connectivity index (χ0n) is 15.9. The lowest BCUT2D eigenvalue weighted by Crippen LogP contribution is -2.23. The van der Waals surface area contributed by atoms with Gasteiger partial charge >= 0.3 is 0 Å². The first-order valence-corrected chi connectivity index (χ1v) is 9.97. The number of hydrogen-bond donors (Lipinski definition) is 1. The monoisotopic (exact) mass is 332 g/mol. The van der Waals surface area contributed by atoms with Crippen LogP contribution in [0.5, 0.6) is 0 Å². The Morgan fingerprint density at radius 2 is 2.08 bits per heavy atom. The van der Waals surface area contributed by atoms with Gasteiger partial charge in [0, 0.05) is 12.8 Å². The number of aliphatic hydroxyl groups excluding tert-OH is 1. The Hall–Kier alpha value is -0.890. The van der Waals surface area contributed by atoms with Crippen LogP contribution < -0.4 is 0 Å². The summed E-state index contributed by atoms with van der Waals surface area (Å²) >= 11 is 0. The van der Waals surface area contributed by atoms with Crippen LogP contribution >= 0.6 is 0 Å². The highest BCUT2D eigenvalue weighted by Gasteiger charge is 2.27. The summed E-state index contributed by atoms with van der Waals surface area (Å²) in [4.78, 5) is 12.1. The van der Waals surface area contributed by atoms with Gasteiger partial charge in [-0.25, -0.2) is 0 Å². The van der Waals surface area contributed by atoms with Gasteiger partial charge in [0.25, 0.3) is 0 Å². The third-order valence-electron chi connectivity index (χ3n) is 5.60. The SMILES string of the molecule is C/C(=C\CC1=CC(O)CCC1)CC1CC(=O)CC(CCC(C)C)C1. The minimum absolute atomic E-state index is 0.236. The van der Waals surface area contributed by atoms with Gasteiger partial charge in [-0.05, 0) is 69.6 Å². The van der Waals surface area contributed by atoms with Crippen LogP contribution in [0.1, 0.15) is 85.0 Å². The van der Waals surface area contributed by atoms with Crippen molar-refractivity contribution >= 4 is 5.78 Å². The summed E-state index contributed by atoms with van der Waals surface area (Å²) in [5, 5.41) is 9.72. The minimum Gasteiger partial charge on any atom is -0.389 e. The highest BCUT2D eigenvalue weighted by atomic mass is 16.3. The molecule has 0 aromatic heterocycles. The molecule has 0 radical (unpaired) electrons. The molecule has 24 heavy (non-hydrogen) atoms. The molecule has 1 fully saturated rings. The maximum Gasteiger partial charge on any atom is 0.133 e. The summed E-state index contributed by atoms with van der Waals surface area (Å²) < 4.78 is 0. The van der Waals surface area contributed by atoms with Crippen LogP contribution in [0.3, 0.4) is 0 Å². The molecule has 2 aliphatic rings. The Kier molecular flexibility index (Phi) is 7.74. The summed E-state index contributed by atoms with van der Waals surface area (Å²) in [7, 11) is 0. The van der Waals surface area contributed by atoms with Crippen LogP contribution in [-0.4, -0.2) is 17.0 Å². The molecule has 0 aromatic rings. The maximum atomic E-state index is 12.1. The number of ketones is 1. The molecule has 0 amide bonds. The van der Waals surface area contributed by atoms with Crippen molar-refractivity contribution < 1.29 is 9.90 Å². The van der Waals surface area contributed by atoms with Crippen molar-refractivity contribution in [3.8, 4) is 0 Å². The molecule has 0 aliphatic heterocycles. The van der Waals surface area contributed by atoms with E-state index in [-0.39, 0.29) is 6.10 Å². The van der Waals surface area contributed by atoms with Crippen LogP contribution in [-0.2, 0) is 4.79 Å². The Labute approximate surface area is 148 Å². The third kappa shape index (κ3) is 6.93. The molecule has 1 saturated carbocycles. The molecule has 0 spiro atoms. The van der Waals surface area contributed by atoms with Gasteiger partial charge in [-0.15, -0.1) is 0 Å². The molecule has 1 N–H and O–H groups in total. The van der Waals surface area contributed by atoms with Crippen LogP contribution in [0.15, 0.2) is 23.3 Å². The van der Waals surface area contributed by atoms with Crippen molar-refractivity contribution in [2.45, 2.75) is 91.1 Å². The van der Waals surface area contributed by atoms with E-state index in [2.05, 4.69) is 26.8 Å². The number of rotatable bonds is 7. The smallest absolute Gasteiger partial charge is 0.133 e. The summed E-state index contributed by atoms with van der Waals surface area (Å²) in [5.74, 6) is 2.38. The quantitative estimate of drug-likeness (QED) is 0.616. The third-order valence-corrected chi connectivity index (χ3v) is 5.60. The van der Waals surface area contributed by atoms with Crippen molar-refractivity contribution in [2.24, 2.45) is 17.8 Å². The van der Waals surface area contributed by atoms with Crippen molar-refractivity contribution in [3.63, 3.8) is 0 Å². The molecule has 2 heteroatoms. The van der Waals surface area contributed by atoms with Gasteiger partial charge < -0.3 is 5.11 Å². The number of allylic oxidation sites excluding steroid dienone is 3.